The van der Waals surface area contributed by atoms with E-state index < -0.39 is 11.9 Å². The summed E-state index contributed by atoms with van der Waals surface area (Å²) < 4.78 is 11.4. The number of imide groups is 1. The molecule has 3 amide bonds. The molecular formula is C21H26N2O5. The van der Waals surface area contributed by atoms with Crippen molar-refractivity contribution in [1.82, 2.24) is 10.2 Å². The molecular weight excluding hydrogens is 360 g/mol. The number of likely N-dealkylation sites (tertiary alicyclic amines) is 1. The van der Waals surface area contributed by atoms with Crippen LogP contribution in [0.3, 0.4) is 0 Å². The van der Waals surface area contributed by atoms with E-state index in [1.165, 1.54) is 4.90 Å². The SMILES string of the molecule is COc1ccc(C(=O)N[C@H]2CC(=O)N(CC3CC3)C2=O)cc1OC1CCCC1. The quantitative estimate of drug-likeness (QED) is 0.727. The number of benzene rings is 1. The number of carbonyl (C=O) groups is 3. The van der Waals surface area contributed by atoms with Crippen molar-refractivity contribution >= 4 is 17.7 Å². The second-order valence-corrected chi connectivity index (χ2v) is 7.91. The Morgan fingerprint density at radius 1 is 1.14 bits per heavy atom. The molecule has 2 saturated carbocycles. The Bertz CT molecular complexity index is 783. The van der Waals surface area contributed by atoms with E-state index in [-0.39, 0.29) is 24.3 Å². The first-order valence-corrected chi connectivity index (χ1v) is 10.0. The van der Waals surface area contributed by atoms with Crippen LogP contribution in [0.2, 0.25) is 0 Å². The van der Waals surface area contributed by atoms with Gasteiger partial charge in [0.2, 0.25) is 5.91 Å². The fourth-order valence-electron chi connectivity index (χ4n) is 3.88. The molecule has 1 saturated heterocycles. The predicted molar refractivity (Wildman–Crippen MR) is 101 cm³/mol. The van der Waals surface area contributed by atoms with Gasteiger partial charge >= 0.3 is 0 Å². The van der Waals surface area contributed by atoms with Gasteiger partial charge in [-0.3, -0.25) is 19.3 Å². The average Bonchev–Trinajstić information content (AvgIpc) is 3.30. The highest BCUT2D eigenvalue weighted by atomic mass is 16.5. The van der Waals surface area contributed by atoms with E-state index in [1.54, 1.807) is 25.3 Å². The van der Waals surface area contributed by atoms with E-state index in [1.807, 2.05) is 0 Å². The zero-order valence-corrected chi connectivity index (χ0v) is 16.1. The molecule has 0 spiro atoms. The molecule has 1 aliphatic heterocycles. The molecule has 0 bridgehead atoms. The number of ether oxygens (including phenoxy) is 2. The van der Waals surface area contributed by atoms with Crippen LogP contribution in [0.25, 0.3) is 0 Å². The maximum Gasteiger partial charge on any atom is 0.252 e. The highest BCUT2D eigenvalue weighted by Crippen LogP contribution is 2.33. The Morgan fingerprint density at radius 3 is 2.57 bits per heavy atom. The van der Waals surface area contributed by atoms with Crippen molar-refractivity contribution in [3.05, 3.63) is 23.8 Å². The van der Waals surface area contributed by atoms with Gasteiger partial charge in [-0.2, -0.15) is 0 Å². The monoisotopic (exact) mass is 386 g/mol. The van der Waals surface area contributed by atoms with Crippen molar-refractivity contribution in [2.45, 2.75) is 57.1 Å². The lowest BCUT2D eigenvalue weighted by molar-refractivity contribution is -0.139. The maximum atomic E-state index is 12.7. The lowest BCUT2D eigenvalue weighted by Crippen LogP contribution is -2.42. The number of hydrogen-bond acceptors (Lipinski definition) is 5. The van der Waals surface area contributed by atoms with Crippen LogP contribution in [-0.2, 0) is 9.59 Å². The highest BCUT2D eigenvalue weighted by Gasteiger charge is 2.41. The summed E-state index contributed by atoms with van der Waals surface area (Å²) in [6.07, 6.45) is 6.55. The Kier molecular flexibility index (Phi) is 5.24. The Labute approximate surface area is 164 Å². The third kappa shape index (κ3) is 3.98. The van der Waals surface area contributed by atoms with E-state index >= 15 is 0 Å². The standard InChI is InChI=1S/C21H26N2O5/c1-27-17-9-8-14(10-18(17)28-15-4-2-3-5-15)20(25)22-16-11-19(24)23(21(16)26)12-13-6-7-13/h8-10,13,15-16H,2-7,11-12H2,1H3,(H,22,25)/t16-/m0/s1. The molecule has 0 unspecified atom stereocenters. The molecule has 1 heterocycles. The summed E-state index contributed by atoms with van der Waals surface area (Å²) in [6.45, 7) is 0.478. The summed E-state index contributed by atoms with van der Waals surface area (Å²) in [5.41, 5.74) is 0.384. The summed E-state index contributed by atoms with van der Waals surface area (Å²) in [7, 11) is 1.56. The van der Waals surface area contributed by atoms with Gasteiger partial charge in [0.15, 0.2) is 11.5 Å². The van der Waals surface area contributed by atoms with Gasteiger partial charge in [-0.05, 0) is 62.6 Å². The van der Waals surface area contributed by atoms with E-state index in [4.69, 9.17) is 9.47 Å². The third-order valence-corrected chi connectivity index (χ3v) is 5.71. The number of nitrogens with one attached hydrogen (secondary N) is 1. The summed E-state index contributed by atoms with van der Waals surface area (Å²) in [5.74, 6) is 0.637. The summed E-state index contributed by atoms with van der Waals surface area (Å²) in [4.78, 5) is 38.6. The van der Waals surface area contributed by atoms with E-state index in [0.29, 0.717) is 29.5 Å². The van der Waals surface area contributed by atoms with Crippen molar-refractivity contribution in [1.29, 1.82) is 0 Å². The molecule has 2 aliphatic carbocycles. The molecule has 3 fully saturated rings. The lowest BCUT2D eigenvalue weighted by atomic mass is 10.1. The molecule has 1 N–H and O–H groups in total. The highest BCUT2D eigenvalue weighted by molar-refractivity contribution is 6.08. The Morgan fingerprint density at radius 2 is 1.89 bits per heavy atom. The Hall–Kier alpha value is -2.57. The van der Waals surface area contributed by atoms with Crippen molar-refractivity contribution in [3.63, 3.8) is 0 Å². The lowest BCUT2D eigenvalue weighted by Gasteiger charge is -2.17. The van der Waals surface area contributed by atoms with Crippen LogP contribution in [0.5, 0.6) is 11.5 Å². The van der Waals surface area contributed by atoms with Crippen LogP contribution in [0.1, 0.15) is 55.3 Å². The van der Waals surface area contributed by atoms with E-state index in [2.05, 4.69) is 5.32 Å². The molecule has 0 aromatic heterocycles. The van der Waals surface area contributed by atoms with Crippen molar-refractivity contribution in [2.24, 2.45) is 5.92 Å². The molecule has 1 atom stereocenters. The Balaban J connectivity index is 1.44. The first-order chi connectivity index (χ1) is 13.5. The van der Waals surface area contributed by atoms with E-state index in [9.17, 15) is 14.4 Å². The molecule has 28 heavy (non-hydrogen) atoms. The van der Waals surface area contributed by atoms with Crippen LogP contribution < -0.4 is 14.8 Å². The van der Waals surface area contributed by atoms with Crippen LogP contribution in [-0.4, -0.2) is 48.4 Å². The number of rotatable bonds is 7. The molecule has 7 heteroatoms. The minimum absolute atomic E-state index is 0.0267. The number of methoxy groups -OCH3 is 1. The first-order valence-electron chi connectivity index (χ1n) is 10.0. The zero-order chi connectivity index (χ0) is 19.7. The minimum Gasteiger partial charge on any atom is -0.493 e. The van der Waals surface area contributed by atoms with Crippen LogP contribution in [0.4, 0.5) is 0 Å². The van der Waals surface area contributed by atoms with Crippen molar-refractivity contribution in [2.75, 3.05) is 13.7 Å². The van der Waals surface area contributed by atoms with E-state index in [0.717, 1.165) is 38.5 Å². The van der Waals surface area contributed by atoms with Gasteiger partial charge in [-0.1, -0.05) is 0 Å². The minimum atomic E-state index is -0.792. The van der Waals surface area contributed by atoms with Gasteiger partial charge in [-0.15, -0.1) is 0 Å². The van der Waals surface area contributed by atoms with Gasteiger partial charge < -0.3 is 14.8 Å². The molecule has 0 radical (unpaired) electrons. The zero-order valence-electron chi connectivity index (χ0n) is 16.1. The third-order valence-electron chi connectivity index (χ3n) is 5.71. The van der Waals surface area contributed by atoms with Gasteiger partial charge in [0, 0.05) is 12.1 Å². The molecule has 1 aromatic carbocycles. The summed E-state index contributed by atoms with van der Waals surface area (Å²) >= 11 is 0. The van der Waals surface area contributed by atoms with Gasteiger partial charge in [0.05, 0.1) is 19.6 Å². The topological polar surface area (TPSA) is 84.9 Å². The smallest absolute Gasteiger partial charge is 0.252 e. The molecule has 4 rings (SSSR count). The predicted octanol–water partition coefficient (Wildman–Crippen LogP) is 2.28. The summed E-state index contributed by atoms with van der Waals surface area (Å²) in [5, 5.41) is 2.71. The second kappa shape index (κ2) is 7.81. The maximum absolute atomic E-state index is 12.7. The largest absolute Gasteiger partial charge is 0.493 e. The number of carbonyl (C=O) groups excluding carboxylic acids is 3. The average molecular weight is 386 g/mol. The van der Waals surface area contributed by atoms with Crippen LogP contribution in [0.15, 0.2) is 18.2 Å². The molecule has 3 aliphatic rings. The van der Waals surface area contributed by atoms with Crippen LogP contribution in [0, 0.1) is 5.92 Å². The van der Waals surface area contributed by atoms with Gasteiger partial charge in [-0.25, -0.2) is 0 Å². The molecule has 1 aromatic rings. The van der Waals surface area contributed by atoms with Gasteiger partial charge in [0.25, 0.3) is 11.8 Å². The molecule has 7 nitrogen and oxygen atoms in total. The number of hydrogen-bond donors (Lipinski definition) is 1. The second-order valence-electron chi connectivity index (χ2n) is 7.91. The molecule has 150 valence electrons. The fourth-order valence-corrected chi connectivity index (χ4v) is 3.88. The normalized spacial score (nSPS) is 22.6. The van der Waals surface area contributed by atoms with Gasteiger partial charge in [0.1, 0.15) is 6.04 Å². The van der Waals surface area contributed by atoms with Crippen molar-refractivity contribution < 1.29 is 23.9 Å². The van der Waals surface area contributed by atoms with Crippen molar-refractivity contribution in [3.8, 4) is 11.5 Å². The number of nitrogens with zero attached hydrogens (tertiary/aromatic N) is 1. The fraction of sp³-hybridized carbons (Fsp3) is 0.571. The number of amides is 3. The van der Waals surface area contributed by atoms with Crippen LogP contribution >= 0.6 is 0 Å². The first kappa shape index (κ1) is 18.8. The summed E-state index contributed by atoms with van der Waals surface area (Å²) in [6, 6.07) is 4.19.